The maximum Gasteiger partial charge on any atom is 0.167 e. The number of allylic oxidation sites excluding steroid dienone is 4. The lowest BCUT2D eigenvalue weighted by Gasteiger charge is -2.35. The van der Waals surface area contributed by atoms with E-state index in [1.807, 2.05) is 24.3 Å². The van der Waals surface area contributed by atoms with Crippen molar-refractivity contribution in [3.63, 3.8) is 0 Å². The van der Waals surface area contributed by atoms with Crippen LogP contribution in [0.1, 0.15) is 81.9 Å². The van der Waals surface area contributed by atoms with Crippen molar-refractivity contribution in [3.8, 4) is 22.3 Å². The summed E-state index contributed by atoms with van der Waals surface area (Å²) >= 11 is 0. The second-order valence-corrected chi connectivity index (χ2v) is 12.1. The van der Waals surface area contributed by atoms with Gasteiger partial charge in [0.05, 0.1) is 6.61 Å². The van der Waals surface area contributed by atoms with Gasteiger partial charge in [0.1, 0.15) is 11.9 Å². The van der Waals surface area contributed by atoms with E-state index >= 15 is 4.39 Å². The molecule has 2 unspecified atom stereocenters. The zero-order chi connectivity index (χ0) is 28.3. The topological polar surface area (TPSA) is 12.5 Å². The molecule has 0 bridgehead atoms. The SMILES string of the molecule is C/C=C/CCC1CCC(C2CC=C(c3ccc(-c4ccc(-c5ccc(C6CO6)c(F)c5F)cc4)cc3F)CC2)CC1. The lowest BCUT2D eigenvalue weighted by atomic mass is 9.70. The van der Waals surface area contributed by atoms with Gasteiger partial charge in [0.25, 0.3) is 0 Å². The van der Waals surface area contributed by atoms with Gasteiger partial charge in [-0.05, 0) is 98.0 Å². The van der Waals surface area contributed by atoms with Crippen molar-refractivity contribution in [2.24, 2.45) is 17.8 Å². The fourth-order valence-electron chi connectivity index (χ4n) is 7.04. The Labute approximate surface area is 242 Å². The zero-order valence-electron chi connectivity index (χ0n) is 23.9. The van der Waals surface area contributed by atoms with Crippen molar-refractivity contribution in [2.75, 3.05) is 6.61 Å². The lowest BCUT2D eigenvalue weighted by molar-refractivity contribution is 0.190. The maximum atomic E-state index is 15.3. The Balaban J connectivity index is 1.09. The van der Waals surface area contributed by atoms with Crippen molar-refractivity contribution in [2.45, 2.75) is 70.8 Å². The van der Waals surface area contributed by atoms with Gasteiger partial charge in [-0.1, -0.05) is 79.6 Å². The number of hydrogen-bond acceptors (Lipinski definition) is 1. The molecule has 0 aromatic heterocycles. The third-order valence-electron chi connectivity index (χ3n) is 9.62. The van der Waals surface area contributed by atoms with Crippen molar-refractivity contribution < 1.29 is 17.9 Å². The molecule has 214 valence electrons. The normalized spacial score (nSPS) is 24.4. The van der Waals surface area contributed by atoms with Crippen molar-refractivity contribution >= 4 is 5.57 Å². The van der Waals surface area contributed by atoms with Crippen LogP contribution in [0, 0.1) is 35.2 Å². The van der Waals surface area contributed by atoms with E-state index in [0.717, 1.165) is 53.7 Å². The minimum Gasteiger partial charge on any atom is -0.368 e. The van der Waals surface area contributed by atoms with Gasteiger partial charge in [-0.15, -0.1) is 0 Å². The molecule has 0 spiro atoms. The van der Waals surface area contributed by atoms with Crippen molar-refractivity contribution in [3.05, 3.63) is 101 Å². The molecule has 2 aliphatic carbocycles. The van der Waals surface area contributed by atoms with Crippen LogP contribution in [0.4, 0.5) is 13.2 Å². The molecule has 41 heavy (non-hydrogen) atoms. The lowest BCUT2D eigenvalue weighted by Crippen LogP contribution is -2.23. The molecule has 1 aliphatic heterocycles. The van der Waals surface area contributed by atoms with Gasteiger partial charge in [0, 0.05) is 16.7 Å². The summed E-state index contributed by atoms with van der Waals surface area (Å²) in [5, 5.41) is 0. The van der Waals surface area contributed by atoms with Crippen molar-refractivity contribution in [1.82, 2.24) is 0 Å². The van der Waals surface area contributed by atoms with E-state index in [0.29, 0.717) is 17.7 Å². The van der Waals surface area contributed by atoms with E-state index in [-0.39, 0.29) is 23.0 Å². The highest BCUT2D eigenvalue weighted by Gasteiger charge is 2.31. The molecule has 1 nitrogen and oxygen atoms in total. The van der Waals surface area contributed by atoms with Crippen LogP contribution in [0.3, 0.4) is 0 Å². The number of benzene rings is 3. The van der Waals surface area contributed by atoms with Crippen LogP contribution in [0.2, 0.25) is 0 Å². The van der Waals surface area contributed by atoms with Crippen LogP contribution in [0.5, 0.6) is 0 Å². The summed E-state index contributed by atoms with van der Waals surface area (Å²) in [6.07, 6.45) is 17.5. The van der Waals surface area contributed by atoms with Gasteiger partial charge in [0.15, 0.2) is 11.6 Å². The Morgan fingerprint density at radius 1 is 0.780 bits per heavy atom. The Bertz CT molecular complexity index is 1430. The van der Waals surface area contributed by atoms with Crippen LogP contribution in [0.15, 0.2) is 72.8 Å². The molecule has 4 heteroatoms. The molecule has 2 atom stereocenters. The number of epoxide rings is 1. The van der Waals surface area contributed by atoms with Gasteiger partial charge >= 0.3 is 0 Å². The van der Waals surface area contributed by atoms with E-state index in [4.69, 9.17) is 4.74 Å². The molecule has 0 N–H and O–H groups in total. The molecule has 6 rings (SSSR count). The van der Waals surface area contributed by atoms with E-state index in [1.165, 1.54) is 38.5 Å². The summed E-state index contributed by atoms with van der Waals surface area (Å²) in [6, 6.07) is 15.8. The van der Waals surface area contributed by atoms with Crippen LogP contribution in [-0.2, 0) is 4.74 Å². The minimum atomic E-state index is -0.864. The Morgan fingerprint density at radius 2 is 1.49 bits per heavy atom. The highest BCUT2D eigenvalue weighted by molar-refractivity contribution is 5.74. The van der Waals surface area contributed by atoms with E-state index in [9.17, 15) is 8.78 Å². The first-order chi connectivity index (χ1) is 20.0. The maximum absolute atomic E-state index is 15.3. The number of ether oxygens (including phenoxy) is 1. The highest BCUT2D eigenvalue weighted by atomic mass is 19.2. The summed E-state index contributed by atoms with van der Waals surface area (Å²) in [7, 11) is 0. The average molecular weight is 557 g/mol. The van der Waals surface area contributed by atoms with Gasteiger partial charge in [-0.25, -0.2) is 13.2 Å². The fourth-order valence-corrected chi connectivity index (χ4v) is 7.04. The fraction of sp³-hybridized carbons (Fsp3) is 0.405. The third kappa shape index (κ3) is 6.23. The Kier molecular flexibility index (Phi) is 8.48. The van der Waals surface area contributed by atoms with E-state index < -0.39 is 11.6 Å². The second-order valence-electron chi connectivity index (χ2n) is 12.1. The average Bonchev–Trinajstić information content (AvgIpc) is 3.85. The first kappa shape index (κ1) is 28.0. The number of rotatable bonds is 8. The standard InChI is InChI=1S/C37H39F3O/c1-2-3-4-5-24-6-8-25(9-7-24)26-10-14-28(15-11-26)31-19-18-30(22-34(31)38)27-12-16-29(17-13-27)32-20-21-33(35-23-41-35)37(40)36(32)39/h2-3,12-14,16-22,24-26,35H,4-11,15,23H2,1H3/b3-2+. The molecule has 1 saturated heterocycles. The molecule has 0 radical (unpaired) electrons. The third-order valence-corrected chi connectivity index (χ3v) is 9.62. The molecule has 1 saturated carbocycles. The molecule has 3 aromatic carbocycles. The van der Waals surface area contributed by atoms with E-state index in [1.54, 1.807) is 30.3 Å². The molecule has 0 amide bonds. The predicted molar refractivity (Wildman–Crippen MR) is 161 cm³/mol. The molecular formula is C37H39F3O. The Hall–Kier alpha value is -3.11. The summed E-state index contributed by atoms with van der Waals surface area (Å²) in [5.74, 6) is 0.516. The largest absolute Gasteiger partial charge is 0.368 e. The molecule has 1 heterocycles. The second kappa shape index (κ2) is 12.4. The molecule has 3 aromatic rings. The van der Waals surface area contributed by atoms with Crippen LogP contribution in [-0.4, -0.2) is 6.61 Å². The van der Waals surface area contributed by atoms with Crippen LogP contribution >= 0.6 is 0 Å². The molecule has 3 aliphatic rings. The molecule has 2 fully saturated rings. The van der Waals surface area contributed by atoms with Gasteiger partial charge in [-0.3, -0.25) is 0 Å². The summed E-state index contributed by atoms with van der Waals surface area (Å²) < 4.78 is 49.7. The number of halogens is 3. The highest BCUT2D eigenvalue weighted by Crippen LogP contribution is 2.43. The monoisotopic (exact) mass is 556 g/mol. The smallest absolute Gasteiger partial charge is 0.167 e. The van der Waals surface area contributed by atoms with Gasteiger partial charge in [0.2, 0.25) is 0 Å². The zero-order valence-corrected chi connectivity index (χ0v) is 23.9. The summed E-state index contributed by atoms with van der Waals surface area (Å²) in [6.45, 7) is 2.53. The Morgan fingerprint density at radius 3 is 2.15 bits per heavy atom. The molecular weight excluding hydrogens is 517 g/mol. The van der Waals surface area contributed by atoms with Crippen LogP contribution in [0.25, 0.3) is 27.8 Å². The quantitative estimate of drug-likeness (QED) is 0.199. The predicted octanol–water partition coefficient (Wildman–Crippen LogP) is 10.9. The first-order valence-electron chi connectivity index (χ1n) is 15.3. The van der Waals surface area contributed by atoms with Crippen molar-refractivity contribution in [1.29, 1.82) is 0 Å². The van der Waals surface area contributed by atoms with Crippen LogP contribution < -0.4 is 0 Å². The van der Waals surface area contributed by atoms with E-state index in [2.05, 4.69) is 25.2 Å². The first-order valence-corrected chi connectivity index (χ1v) is 15.3. The minimum absolute atomic E-state index is 0.205. The summed E-state index contributed by atoms with van der Waals surface area (Å²) in [5.41, 5.74) is 4.48. The number of hydrogen-bond donors (Lipinski definition) is 0. The summed E-state index contributed by atoms with van der Waals surface area (Å²) in [4.78, 5) is 0. The van der Waals surface area contributed by atoms with Gasteiger partial charge < -0.3 is 4.74 Å². The van der Waals surface area contributed by atoms with Gasteiger partial charge in [-0.2, -0.15) is 0 Å².